The first-order chi connectivity index (χ1) is 18.5. The molecular formula is C27H26F6N2O3S. The number of aliphatic hydroxyl groups excluding tert-OH is 1. The summed E-state index contributed by atoms with van der Waals surface area (Å²) in [5, 5.41) is 7.89. The van der Waals surface area contributed by atoms with Gasteiger partial charge in [-0.1, -0.05) is 13.3 Å². The molecule has 0 aliphatic rings. The lowest BCUT2D eigenvalue weighted by Crippen LogP contribution is -2.10. The minimum Gasteiger partial charge on any atom is -0.396 e. The van der Waals surface area contributed by atoms with Gasteiger partial charge in [0.25, 0.3) is 0 Å². The highest BCUT2D eigenvalue weighted by molar-refractivity contribution is 7.99. The Balaban J connectivity index is 1.96. The first-order valence-corrected chi connectivity index (χ1v) is 12.9. The van der Waals surface area contributed by atoms with Gasteiger partial charge >= 0.3 is 6.18 Å². The first-order valence-electron chi connectivity index (χ1n) is 12.0. The van der Waals surface area contributed by atoms with Gasteiger partial charge in [0.05, 0.1) is 10.8 Å². The Morgan fingerprint density at radius 1 is 1.08 bits per heavy atom. The minimum atomic E-state index is -4.67. The molecule has 2 atom stereocenters. The standard InChI is InChI=1S/C27H26F6N2O3S/c1-15(14-36)5-3-4-6-22(37)21-11-16(2)18(13-34-21)26(24-19(28)8-9-20(29)25(24)38-33)39-17-7-10-23(35-12-17)27(30,31)32/h7-13,15,26,36H,3-6,14H2,1-2H3. The summed E-state index contributed by atoms with van der Waals surface area (Å²) in [6.45, 7) is 3.57. The number of rotatable bonds is 12. The van der Waals surface area contributed by atoms with Crippen LogP contribution < -0.4 is 4.94 Å². The Labute approximate surface area is 225 Å². The Morgan fingerprint density at radius 3 is 2.38 bits per heavy atom. The van der Waals surface area contributed by atoms with Gasteiger partial charge in [-0.25, -0.2) is 8.78 Å². The van der Waals surface area contributed by atoms with Gasteiger partial charge in [-0.05, 0) is 67.1 Å². The lowest BCUT2D eigenvalue weighted by Gasteiger charge is -2.22. The summed E-state index contributed by atoms with van der Waals surface area (Å²) in [4.78, 5) is 24.1. The lowest BCUT2D eigenvalue weighted by molar-refractivity contribution is -0.141. The quantitative estimate of drug-likeness (QED) is 0.104. The normalized spacial score (nSPS) is 13.3. The largest absolute Gasteiger partial charge is 0.433 e. The van der Waals surface area contributed by atoms with Crippen LogP contribution in [-0.2, 0) is 6.18 Å². The zero-order valence-corrected chi connectivity index (χ0v) is 21.9. The van der Waals surface area contributed by atoms with Gasteiger partial charge in [0.1, 0.15) is 17.2 Å². The van der Waals surface area contributed by atoms with Crippen molar-refractivity contribution in [2.24, 2.45) is 5.92 Å². The number of alkyl halides is 3. The van der Waals surface area contributed by atoms with Crippen LogP contribution in [0.1, 0.15) is 70.7 Å². The van der Waals surface area contributed by atoms with E-state index in [0.29, 0.717) is 18.1 Å². The van der Waals surface area contributed by atoms with Gasteiger partial charge in [-0.3, -0.25) is 19.7 Å². The average Bonchev–Trinajstić information content (AvgIpc) is 2.90. The van der Waals surface area contributed by atoms with Crippen molar-refractivity contribution in [1.82, 2.24) is 9.97 Å². The molecule has 12 heteroatoms. The van der Waals surface area contributed by atoms with Crippen molar-refractivity contribution in [2.45, 2.75) is 55.9 Å². The maximum Gasteiger partial charge on any atom is 0.433 e. The van der Waals surface area contributed by atoms with E-state index in [4.69, 9.17) is 5.11 Å². The highest BCUT2D eigenvalue weighted by Gasteiger charge is 2.33. The fourth-order valence-corrected chi connectivity index (χ4v) is 5.14. The summed E-state index contributed by atoms with van der Waals surface area (Å²) in [5.74, 6) is -3.31. The van der Waals surface area contributed by atoms with Gasteiger partial charge in [0.2, 0.25) is 5.75 Å². The zero-order valence-electron chi connectivity index (χ0n) is 21.1. The molecular weight excluding hydrogens is 546 g/mol. The van der Waals surface area contributed by atoms with E-state index in [1.165, 1.54) is 12.3 Å². The lowest BCUT2D eigenvalue weighted by atomic mass is 9.98. The summed E-state index contributed by atoms with van der Waals surface area (Å²) < 4.78 is 81.6. The number of aryl methyl sites for hydroxylation is 1. The number of benzene rings is 1. The Morgan fingerprint density at radius 2 is 1.79 bits per heavy atom. The molecule has 0 aliphatic carbocycles. The van der Waals surface area contributed by atoms with Crippen molar-refractivity contribution in [3.05, 3.63) is 82.4 Å². The number of ketones is 1. The number of hydrogen-bond acceptors (Lipinski definition) is 6. The SMILES string of the molecule is Cc1cc(C(=O)CCCCC(C)CO)ncc1C(Sc1ccc(C(F)(F)F)nc1)c1c(F)ccc(F)c1OF. The van der Waals surface area contributed by atoms with E-state index in [0.717, 1.165) is 49.0 Å². The first kappa shape index (κ1) is 30.4. The highest BCUT2D eigenvalue weighted by Crippen LogP contribution is 2.47. The molecule has 0 aliphatic heterocycles. The van der Waals surface area contributed by atoms with Crippen molar-refractivity contribution < 1.29 is 41.3 Å². The van der Waals surface area contributed by atoms with E-state index >= 15 is 0 Å². The topological polar surface area (TPSA) is 72.3 Å². The molecule has 5 nitrogen and oxygen atoms in total. The van der Waals surface area contributed by atoms with Crippen LogP contribution in [-0.4, -0.2) is 27.5 Å². The summed E-state index contributed by atoms with van der Waals surface area (Å²) in [7, 11) is 0. The third kappa shape index (κ3) is 7.72. The Bertz CT molecular complexity index is 1290. The molecule has 0 radical (unpaired) electrons. The number of thioether (sulfide) groups is 1. The van der Waals surface area contributed by atoms with Crippen LogP contribution in [0, 0.1) is 24.5 Å². The second-order valence-electron chi connectivity index (χ2n) is 9.11. The third-order valence-electron chi connectivity index (χ3n) is 6.10. The van der Waals surface area contributed by atoms with Crippen LogP contribution in [0.2, 0.25) is 0 Å². The fourth-order valence-electron chi connectivity index (χ4n) is 3.89. The van der Waals surface area contributed by atoms with Crippen molar-refractivity contribution >= 4 is 17.5 Å². The third-order valence-corrected chi connectivity index (χ3v) is 7.34. The number of aliphatic hydroxyl groups is 1. The summed E-state index contributed by atoms with van der Waals surface area (Å²) in [6.07, 6.45) is -0.148. The molecule has 0 fully saturated rings. The van der Waals surface area contributed by atoms with E-state index in [1.54, 1.807) is 6.92 Å². The van der Waals surface area contributed by atoms with E-state index < -0.39 is 40.1 Å². The number of unbranched alkanes of at least 4 members (excludes halogenated alkanes) is 1. The predicted octanol–water partition coefficient (Wildman–Crippen LogP) is 7.60. The second-order valence-corrected chi connectivity index (χ2v) is 10.3. The maximum absolute atomic E-state index is 15.0. The molecule has 0 spiro atoms. The number of aromatic nitrogens is 2. The molecule has 0 amide bonds. The van der Waals surface area contributed by atoms with Gasteiger partial charge < -0.3 is 5.11 Å². The van der Waals surface area contributed by atoms with E-state index in [1.807, 2.05) is 6.92 Å². The molecule has 1 N–H and O–H groups in total. The molecule has 3 rings (SSSR count). The van der Waals surface area contributed by atoms with Crippen LogP contribution >= 0.6 is 11.8 Å². The van der Waals surface area contributed by atoms with Gasteiger partial charge in [-0.2, -0.15) is 13.2 Å². The second kappa shape index (κ2) is 13.3. The molecule has 210 valence electrons. The Hall–Kier alpha value is -3.12. The van der Waals surface area contributed by atoms with Gasteiger partial charge in [0, 0.05) is 34.8 Å². The summed E-state index contributed by atoms with van der Waals surface area (Å²) in [6, 6.07) is 4.79. The van der Waals surface area contributed by atoms with E-state index in [9.17, 15) is 31.3 Å². The molecule has 39 heavy (non-hydrogen) atoms. The van der Waals surface area contributed by atoms with Crippen LogP contribution in [0.25, 0.3) is 0 Å². The van der Waals surface area contributed by atoms with E-state index in [2.05, 4.69) is 14.9 Å². The van der Waals surface area contributed by atoms with E-state index in [-0.39, 0.29) is 40.9 Å². The molecule has 0 saturated carbocycles. The van der Waals surface area contributed by atoms with Crippen molar-refractivity contribution in [1.29, 1.82) is 0 Å². The van der Waals surface area contributed by atoms with Crippen LogP contribution in [0.5, 0.6) is 5.75 Å². The maximum atomic E-state index is 15.0. The summed E-state index contributed by atoms with van der Waals surface area (Å²) in [5.41, 5.74) is -0.818. The van der Waals surface area contributed by atoms with Crippen molar-refractivity contribution in [3.63, 3.8) is 0 Å². The van der Waals surface area contributed by atoms with Gasteiger partial charge in [0.15, 0.2) is 11.6 Å². The smallest absolute Gasteiger partial charge is 0.396 e. The number of nitrogens with zero attached hydrogens (tertiary/aromatic N) is 2. The number of pyridine rings is 2. The molecule has 3 aromatic rings. The minimum absolute atomic E-state index is 0.0684. The number of carbonyl (C=O) groups is 1. The fraction of sp³-hybridized carbons (Fsp3) is 0.370. The molecule has 0 saturated heterocycles. The number of carbonyl (C=O) groups excluding carboxylic acids is 1. The number of halogens is 6. The van der Waals surface area contributed by atoms with Crippen LogP contribution in [0.15, 0.2) is 47.6 Å². The number of hydrogen-bond donors (Lipinski definition) is 1. The van der Waals surface area contributed by atoms with Gasteiger partial charge in [-0.15, -0.1) is 11.8 Å². The summed E-state index contributed by atoms with van der Waals surface area (Å²) >= 11 is 0.788. The average molecular weight is 573 g/mol. The molecule has 2 aromatic heterocycles. The zero-order chi connectivity index (χ0) is 28.7. The predicted molar refractivity (Wildman–Crippen MR) is 133 cm³/mol. The highest BCUT2D eigenvalue weighted by atomic mass is 32.2. The van der Waals surface area contributed by atoms with Crippen molar-refractivity contribution in [3.8, 4) is 5.75 Å². The molecule has 2 heterocycles. The van der Waals surface area contributed by atoms with Crippen LogP contribution in [0.4, 0.5) is 26.5 Å². The molecule has 1 aromatic carbocycles. The number of Topliss-reactive ketones (excluding diaryl/α,β-unsaturated/α-hetero) is 1. The molecule has 2 unspecified atom stereocenters. The van der Waals surface area contributed by atoms with Crippen LogP contribution in [0.3, 0.4) is 0 Å². The monoisotopic (exact) mass is 572 g/mol. The van der Waals surface area contributed by atoms with Crippen molar-refractivity contribution in [2.75, 3.05) is 6.61 Å². The Kier molecular flexibility index (Phi) is 10.4. The molecule has 0 bridgehead atoms.